The maximum Gasteiger partial charge on any atom is 0.251 e. The molecule has 3 atom stereocenters. The van der Waals surface area contributed by atoms with Gasteiger partial charge in [0, 0.05) is 11.5 Å². The van der Waals surface area contributed by atoms with E-state index in [0.717, 1.165) is 11.1 Å². The molecule has 3 aromatic carbocycles. The number of carbonyl (C=O) groups excluding carboxylic acids is 1. The van der Waals surface area contributed by atoms with E-state index in [4.69, 9.17) is 0 Å². The van der Waals surface area contributed by atoms with Gasteiger partial charge in [0.1, 0.15) is 0 Å². The molecule has 0 bridgehead atoms. The lowest BCUT2D eigenvalue weighted by atomic mass is 9.86. The van der Waals surface area contributed by atoms with Gasteiger partial charge in [0.05, 0.1) is 12.1 Å². The summed E-state index contributed by atoms with van der Waals surface area (Å²) in [6.45, 7) is 1.96. The van der Waals surface area contributed by atoms with E-state index < -0.39 is 6.10 Å². The van der Waals surface area contributed by atoms with Crippen molar-refractivity contribution in [2.24, 2.45) is 5.92 Å². The van der Waals surface area contributed by atoms with Gasteiger partial charge < -0.3 is 10.4 Å². The van der Waals surface area contributed by atoms with Crippen LogP contribution in [0.15, 0.2) is 91.0 Å². The minimum absolute atomic E-state index is 0.147. The van der Waals surface area contributed by atoms with Crippen LogP contribution in [0.1, 0.15) is 40.6 Å². The lowest BCUT2D eigenvalue weighted by molar-refractivity contribution is 0.0779. The maximum absolute atomic E-state index is 12.7. The zero-order chi connectivity index (χ0) is 18.4. The molecular weight excluding hydrogens is 322 g/mol. The molecule has 2 N–H and O–H groups in total. The minimum Gasteiger partial charge on any atom is -0.388 e. The molecule has 3 aromatic rings. The number of aliphatic hydroxyl groups is 1. The molecule has 0 saturated carbocycles. The molecule has 0 radical (unpaired) electrons. The third-order valence-electron chi connectivity index (χ3n) is 4.65. The standard InChI is InChI=1S/C23H23NO2/c1-17(22(25)19-13-7-3-8-14-19)21(18-11-5-2-6-12-18)24-23(26)20-15-9-4-10-16-20/h2-17,21-22,25H,1H3,(H,24,26)/t17-,21+,22-/m0/s1. The molecule has 0 aliphatic heterocycles. The number of benzene rings is 3. The number of nitrogens with one attached hydrogen (secondary N) is 1. The average molecular weight is 345 g/mol. The highest BCUT2D eigenvalue weighted by atomic mass is 16.3. The third-order valence-corrected chi connectivity index (χ3v) is 4.65. The summed E-state index contributed by atoms with van der Waals surface area (Å²) in [4.78, 5) is 12.7. The van der Waals surface area contributed by atoms with Crippen molar-refractivity contribution in [3.05, 3.63) is 108 Å². The number of hydrogen-bond acceptors (Lipinski definition) is 2. The Kier molecular flexibility index (Phi) is 5.82. The Morgan fingerprint density at radius 2 is 1.23 bits per heavy atom. The lowest BCUT2D eigenvalue weighted by Gasteiger charge is -2.29. The van der Waals surface area contributed by atoms with E-state index in [2.05, 4.69) is 5.32 Å². The van der Waals surface area contributed by atoms with Crippen molar-refractivity contribution in [3.8, 4) is 0 Å². The number of hydrogen-bond donors (Lipinski definition) is 2. The normalized spacial score (nSPS) is 14.2. The highest BCUT2D eigenvalue weighted by Crippen LogP contribution is 2.32. The summed E-state index contributed by atoms with van der Waals surface area (Å²) in [6.07, 6.45) is -0.683. The van der Waals surface area contributed by atoms with E-state index in [-0.39, 0.29) is 17.9 Å². The molecule has 0 unspecified atom stereocenters. The van der Waals surface area contributed by atoms with Gasteiger partial charge in [-0.1, -0.05) is 85.8 Å². The first-order chi connectivity index (χ1) is 12.7. The van der Waals surface area contributed by atoms with Crippen molar-refractivity contribution in [1.29, 1.82) is 0 Å². The van der Waals surface area contributed by atoms with E-state index in [9.17, 15) is 9.90 Å². The van der Waals surface area contributed by atoms with Gasteiger partial charge in [-0.2, -0.15) is 0 Å². The molecule has 132 valence electrons. The van der Waals surface area contributed by atoms with Gasteiger partial charge >= 0.3 is 0 Å². The highest BCUT2D eigenvalue weighted by Gasteiger charge is 2.28. The highest BCUT2D eigenvalue weighted by molar-refractivity contribution is 5.94. The fraction of sp³-hybridized carbons (Fsp3) is 0.174. The van der Waals surface area contributed by atoms with Gasteiger partial charge in [-0.15, -0.1) is 0 Å². The summed E-state index contributed by atoms with van der Waals surface area (Å²) < 4.78 is 0. The van der Waals surface area contributed by atoms with Crippen molar-refractivity contribution in [3.63, 3.8) is 0 Å². The van der Waals surface area contributed by atoms with E-state index in [1.807, 2.05) is 85.8 Å². The summed E-state index contributed by atoms with van der Waals surface area (Å²) in [6, 6.07) is 28.2. The molecule has 3 heteroatoms. The topological polar surface area (TPSA) is 49.3 Å². The molecule has 0 spiro atoms. The number of carbonyl (C=O) groups is 1. The second-order valence-corrected chi connectivity index (χ2v) is 6.44. The quantitative estimate of drug-likeness (QED) is 0.690. The minimum atomic E-state index is -0.683. The second kappa shape index (κ2) is 8.45. The van der Waals surface area contributed by atoms with Crippen LogP contribution in [0.4, 0.5) is 0 Å². The zero-order valence-electron chi connectivity index (χ0n) is 14.7. The first-order valence-corrected chi connectivity index (χ1v) is 8.80. The molecule has 0 saturated heterocycles. The first-order valence-electron chi connectivity index (χ1n) is 8.80. The Hall–Kier alpha value is -2.91. The zero-order valence-corrected chi connectivity index (χ0v) is 14.7. The van der Waals surface area contributed by atoms with Crippen LogP contribution in [-0.2, 0) is 0 Å². The second-order valence-electron chi connectivity index (χ2n) is 6.44. The Morgan fingerprint density at radius 3 is 1.77 bits per heavy atom. The summed E-state index contributed by atoms with van der Waals surface area (Å²) in [5.74, 6) is -0.348. The Balaban J connectivity index is 1.87. The van der Waals surface area contributed by atoms with Gasteiger partial charge in [0.25, 0.3) is 5.91 Å². The van der Waals surface area contributed by atoms with Crippen LogP contribution in [-0.4, -0.2) is 11.0 Å². The van der Waals surface area contributed by atoms with E-state index in [1.165, 1.54) is 0 Å². The molecule has 0 aromatic heterocycles. The summed E-state index contributed by atoms with van der Waals surface area (Å²) in [5, 5.41) is 14.0. The van der Waals surface area contributed by atoms with Crippen molar-refractivity contribution >= 4 is 5.91 Å². The Morgan fingerprint density at radius 1 is 0.769 bits per heavy atom. The number of amides is 1. The van der Waals surface area contributed by atoms with E-state index >= 15 is 0 Å². The molecule has 0 heterocycles. The van der Waals surface area contributed by atoms with Crippen LogP contribution in [0.2, 0.25) is 0 Å². The monoisotopic (exact) mass is 345 g/mol. The Bertz CT molecular complexity index is 819. The molecule has 3 rings (SSSR count). The van der Waals surface area contributed by atoms with E-state index in [1.54, 1.807) is 12.1 Å². The lowest BCUT2D eigenvalue weighted by Crippen LogP contribution is -2.34. The maximum atomic E-state index is 12.7. The smallest absolute Gasteiger partial charge is 0.251 e. The molecule has 0 aliphatic rings. The summed E-state index contributed by atoms with van der Waals surface area (Å²) in [5.41, 5.74) is 2.42. The van der Waals surface area contributed by atoms with Gasteiger partial charge in [0.15, 0.2) is 0 Å². The predicted octanol–water partition coefficient (Wildman–Crippen LogP) is 4.53. The molecule has 0 fully saturated rings. The van der Waals surface area contributed by atoms with Crippen LogP contribution >= 0.6 is 0 Å². The van der Waals surface area contributed by atoms with Crippen molar-refractivity contribution < 1.29 is 9.90 Å². The molecule has 3 nitrogen and oxygen atoms in total. The van der Waals surface area contributed by atoms with Gasteiger partial charge in [-0.3, -0.25) is 4.79 Å². The third kappa shape index (κ3) is 4.19. The molecule has 26 heavy (non-hydrogen) atoms. The molecule has 0 aliphatic carbocycles. The summed E-state index contributed by atoms with van der Waals surface area (Å²) in [7, 11) is 0. The molecular formula is C23H23NO2. The number of aliphatic hydroxyl groups excluding tert-OH is 1. The van der Waals surface area contributed by atoms with Crippen LogP contribution in [0.25, 0.3) is 0 Å². The van der Waals surface area contributed by atoms with Gasteiger partial charge in [0.2, 0.25) is 0 Å². The average Bonchev–Trinajstić information content (AvgIpc) is 2.72. The Labute approximate surface area is 154 Å². The predicted molar refractivity (Wildman–Crippen MR) is 104 cm³/mol. The van der Waals surface area contributed by atoms with Crippen molar-refractivity contribution in [2.75, 3.05) is 0 Å². The van der Waals surface area contributed by atoms with Gasteiger partial charge in [-0.05, 0) is 23.3 Å². The van der Waals surface area contributed by atoms with E-state index in [0.29, 0.717) is 5.56 Å². The fourth-order valence-corrected chi connectivity index (χ4v) is 3.13. The fourth-order valence-electron chi connectivity index (χ4n) is 3.13. The first kappa shape index (κ1) is 17.9. The van der Waals surface area contributed by atoms with Crippen molar-refractivity contribution in [1.82, 2.24) is 5.32 Å². The largest absolute Gasteiger partial charge is 0.388 e. The van der Waals surface area contributed by atoms with Crippen molar-refractivity contribution in [2.45, 2.75) is 19.1 Å². The van der Waals surface area contributed by atoms with Crippen LogP contribution in [0.3, 0.4) is 0 Å². The van der Waals surface area contributed by atoms with Gasteiger partial charge in [-0.25, -0.2) is 0 Å². The summed E-state index contributed by atoms with van der Waals surface area (Å²) >= 11 is 0. The van der Waals surface area contributed by atoms with Crippen LogP contribution in [0.5, 0.6) is 0 Å². The molecule has 1 amide bonds. The van der Waals surface area contributed by atoms with Crippen LogP contribution < -0.4 is 5.32 Å². The number of rotatable bonds is 6. The SMILES string of the molecule is C[C@H]([C@H](O)c1ccccc1)[C@@H](NC(=O)c1ccccc1)c1ccccc1. The van der Waals surface area contributed by atoms with Crippen LogP contribution in [0, 0.1) is 5.92 Å².